The van der Waals surface area contributed by atoms with Crippen molar-refractivity contribution in [3.05, 3.63) is 88.1 Å². The van der Waals surface area contributed by atoms with Crippen LogP contribution in [0.2, 0.25) is 0 Å². The maximum Gasteiger partial charge on any atom is 0.0759 e. The first kappa shape index (κ1) is 18.8. The van der Waals surface area contributed by atoms with Gasteiger partial charge in [0, 0.05) is 25.0 Å². The number of hydrogen-bond donors (Lipinski definition) is 0. The highest BCUT2D eigenvalue weighted by molar-refractivity contribution is 6.35. The molecular weight excluding hydrogens is 364 g/mol. The van der Waals surface area contributed by atoms with E-state index in [2.05, 4.69) is 85.4 Å². The molecule has 0 amide bonds. The van der Waals surface area contributed by atoms with E-state index in [0.29, 0.717) is 0 Å². The number of benzene rings is 2. The molecule has 2 aromatic carbocycles. The number of hydrogen-bond acceptors (Lipinski definition) is 2. The lowest BCUT2D eigenvalue weighted by Crippen LogP contribution is -2.36. The van der Waals surface area contributed by atoms with E-state index in [-0.39, 0.29) is 6.04 Å². The highest BCUT2D eigenvalue weighted by Crippen LogP contribution is 2.39. The van der Waals surface area contributed by atoms with Crippen LogP contribution in [0.5, 0.6) is 0 Å². The SMILES string of the molecule is CCCc1ccc(-c2ccc(C3=C(Cl)C(C)=C4C=NC=CC4N3C)cc2)cc1. The Balaban J connectivity index is 1.66. The number of allylic oxidation sites excluding steroid dienone is 2. The number of aryl methyl sites for hydroxylation is 1. The van der Waals surface area contributed by atoms with E-state index in [4.69, 9.17) is 11.6 Å². The molecule has 0 N–H and O–H groups in total. The Hall–Kier alpha value is -2.58. The van der Waals surface area contributed by atoms with Crippen molar-refractivity contribution >= 4 is 23.5 Å². The summed E-state index contributed by atoms with van der Waals surface area (Å²) in [7, 11) is 2.10. The number of rotatable bonds is 4. The van der Waals surface area contributed by atoms with Gasteiger partial charge in [-0.3, -0.25) is 4.99 Å². The lowest BCUT2D eigenvalue weighted by molar-refractivity contribution is 0.444. The van der Waals surface area contributed by atoms with Crippen LogP contribution < -0.4 is 0 Å². The number of fused-ring (bicyclic) bond motifs is 1. The highest BCUT2D eigenvalue weighted by Gasteiger charge is 2.30. The van der Waals surface area contributed by atoms with Crippen LogP contribution in [0, 0.1) is 0 Å². The molecule has 0 aliphatic carbocycles. The maximum atomic E-state index is 6.78. The molecule has 28 heavy (non-hydrogen) atoms. The van der Waals surface area contributed by atoms with Gasteiger partial charge in [-0.25, -0.2) is 0 Å². The Morgan fingerprint density at radius 2 is 1.57 bits per heavy atom. The lowest BCUT2D eigenvalue weighted by atomic mass is 9.91. The zero-order valence-electron chi connectivity index (χ0n) is 16.6. The summed E-state index contributed by atoms with van der Waals surface area (Å²) in [6, 6.07) is 17.8. The van der Waals surface area contributed by atoms with Gasteiger partial charge in [0.2, 0.25) is 0 Å². The zero-order valence-corrected chi connectivity index (χ0v) is 17.4. The number of nitrogens with zero attached hydrogens (tertiary/aromatic N) is 2. The van der Waals surface area contributed by atoms with Gasteiger partial charge in [0.25, 0.3) is 0 Å². The Kier molecular flexibility index (Phi) is 5.23. The molecule has 2 heterocycles. The van der Waals surface area contributed by atoms with E-state index in [1.165, 1.54) is 28.7 Å². The third kappa shape index (κ3) is 3.33. The van der Waals surface area contributed by atoms with Crippen molar-refractivity contribution < 1.29 is 0 Å². The largest absolute Gasteiger partial charge is 0.362 e. The summed E-state index contributed by atoms with van der Waals surface area (Å²) in [4.78, 5) is 6.51. The van der Waals surface area contributed by atoms with E-state index in [9.17, 15) is 0 Å². The van der Waals surface area contributed by atoms with Crippen molar-refractivity contribution in [3.8, 4) is 11.1 Å². The summed E-state index contributed by atoms with van der Waals surface area (Å²) >= 11 is 6.78. The van der Waals surface area contributed by atoms with Gasteiger partial charge in [-0.15, -0.1) is 0 Å². The Bertz CT molecular complexity index is 992. The van der Waals surface area contributed by atoms with Crippen LogP contribution in [-0.2, 0) is 6.42 Å². The summed E-state index contributed by atoms with van der Waals surface area (Å²) in [5.74, 6) is 0. The fourth-order valence-corrected chi connectivity index (χ4v) is 4.34. The Morgan fingerprint density at radius 3 is 2.21 bits per heavy atom. The van der Waals surface area contributed by atoms with Crippen LogP contribution in [0.3, 0.4) is 0 Å². The normalized spacial score (nSPS) is 18.7. The molecule has 2 nitrogen and oxygen atoms in total. The molecule has 142 valence electrons. The molecule has 1 atom stereocenters. The molecule has 0 bridgehead atoms. The average molecular weight is 389 g/mol. The van der Waals surface area contributed by atoms with E-state index in [1.807, 2.05) is 12.4 Å². The first-order valence-electron chi connectivity index (χ1n) is 9.83. The van der Waals surface area contributed by atoms with Crippen LogP contribution in [0.1, 0.15) is 31.4 Å². The van der Waals surface area contributed by atoms with Crippen LogP contribution in [0.25, 0.3) is 16.8 Å². The van der Waals surface area contributed by atoms with Crippen molar-refractivity contribution in [2.75, 3.05) is 7.05 Å². The fourth-order valence-electron chi connectivity index (χ4n) is 3.99. The highest BCUT2D eigenvalue weighted by atomic mass is 35.5. The molecule has 0 radical (unpaired) electrons. The second-order valence-electron chi connectivity index (χ2n) is 7.44. The van der Waals surface area contributed by atoms with Gasteiger partial charge in [-0.2, -0.15) is 0 Å². The minimum absolute atomic E-state index is 0.181. The molecule has 2 aromatic rings. The number of halogens is 1. The summed E-state index contributed by atoms with van der Waals surface area (Å²) < 4.78 is 0. The van der Waals surface area contributed by atoms with Gasteiger partial charge in [-0.05, 0) is 47.2 Å². The van der Waals surface area contributed by atoms with Crippen LogP contribution in [0.15, 0.2) is 82.0 Å². The molecule has 0 saturated heterocycles. The van der Waals surface area contributed by atoms with Crippen LogP contribution in [-0.4, -0.2) is 24.2 Å². The predicted octanol–water partition coefficient (Wildman–Crippen LogP) is 6.44. The van der Waals surface area contributed by atoms with Crippen molar-refractivity contribution in [1.82, 2.24) is 4.90 Å². The topological polar surface area (TPSA) is 15.6 Å². The minimum atomic E-state index is 0.181. The van der Waals surface area contributed by atoms with E-state index in [0.717, 1.165) is 28.3 Å². The van der Waals surface area contributed by atoms with Gasteiger partial charge in [0.1, 0.15) is 0 Å². The summed E-state index contributed by atoms with van der Waals surface area (Å²) in [6.45, 7) is 4.29. The maximum absolute atomic E-state index is 6.78. The van der Waals surface area contributed by atoms with Gasteiger partial charge >= 0.3 is 0 Å². The predicted molar refractivity (Wildman–Crippen MR) is 121 cm³/mol. The van der Waals surface area contributed by atoms with Crippen LogP contribution >= 0.6 is 11.6 Å². The first-order chi connectivity index (χ1) is 13.6. The average Bonchev–Trinajstić information content (AvgIpc) is 2.74. The Labute approximate surface area is 172 Å². The quantitative estimate of drug-likeness (QED) is 0.588. The van der Waals surface area contributed by atoms with E-state index >= 15 is 0 Å². The zero-order chi connectivity index (χ0) is 19.7. The molecule has 1 unspecified atom stereocenters. The monoisotopic (exact) mass is 388 g/mol. The molecule has 2 aliphatic heterocycles. The molecule has 3 heteroatoms. The van der Waals surface area contributed by atoms with Crippen LogP contribution in [0.4, 0.5) is 0 Å². The fraction of sp³-hybridized carbons (Fsp3) is 0.240. The molecule has 4 rings (SSSR count). The Morgan fingerprint density at radius 1 is 0.964 bits per heavy atom. The summed E-state index contributed by atoms with van der Waals surface area (Å²) in [5.41, 5.74) is 8.33. The first-order valence-corrected chi connectivity index (χ1v) is 10.2. The van der Waals surface area contributed by atoms with Crippen molar-refractivity contribution in [1.29, 1.82) is 0 Å². The van der Waals surface area contributed by atoms with Gasteiger partial charge in [0.15, 0.2) is 0 Å². The van der Waals surface area contributed by atoms with E-state index in [1.54, 1.807) is 0 Å². The van der Waals surface area contributed by atoms with Crippen molar-refractivity contribution in [2.24, 2.45) is 4.99 Å². The number of likely N-dealkylation sites (N-methyl/N-ethyl adjacent to an activating group) is 1. The molecule has 0 fully saturated rings. The van der Waals surface area contributed by atoms with E-state index < -0.39 is 0 Å². The lowest BCUT2D eigenvalue weighted by Gasteiger charge is -2.37. The standard InChI is InChI=1S/C25H25ClN2/c1-4-5-18-6-8-19(9-7-18)20-10-12-21(13-11-20)25-24(26)17(2)22-16-27-15-14-23(22)28(25)3/h6-16,23H,4-5H2,1-3H3. The summed E-state index contributed by atoms with van der Waals surface area (Å²) in [6.07, 6.45) is 8.21. The van der Waals surface area contributed by atoms with Gasteiger partial charge in [0.05, 0.1) is 16.8 Å². The van der Waals surface area contributed by atoms with Crippen molar-refractivity contribution in [3.63, 3.8) is 0 Å². The molecular formula is C25H25ClN2. The molecule has 0 saturated carbocycles. The molecule has 0 aromatic heterocycles. The second kappa shape index (κ2) is 7.81. The minimum Gasteiger partial charge on any atom is -0.362 e. The third-order valence-electron chi connectivity index (χ3n) is 5.61. The second-order valence-corrected chi connectivity index (χ2v) is 7.82. The third-order valence-corrected chi connectivity index (χ3v) is 6.07. The van der Waals surface area contributed by atoms with Gasteiger partial charge in [-0.1, -0.05) is 73.5 Å². The summed E-state index contributed by atoms with van der Waals surface area (Å²) in [5, 5.41) is 0.798. The van der Waals surface area contributed by atoms with Crippen molar-refractivity contribution in [2.45, 2.75) is 32.7 Å². The molecule has 0 spiro atoms. The van der Waals surface area contributed by atoms with Gasteiger partial charge < -0.3 is 4.90 Å². The number of aliphatic imine (C=N–C) groups is 1. The smallest absolute Gasteiger partial charge is 0.0759 e. The molecule has 2 aliphatic rings.